The highest BCUT2D eigenvalue weighted by atomic mass is 16.7. The van der Waals surface area contributed by atoms with Gasteiger partial charge >= 0.3 is 11.9 Å². The number of carbonyl (C=O) groups is 2. The normalized spacial score (nSPS) is 23.5. The van der Waals surface area contributed by atoms with Crippen LogP contribution < -0.4 is 0 Å². The molecular weight excluding hydrogens is 292 g/mol. The van der Waals surface area contributed by atoms with Crippen LogP contribution in [0.1, 0.15) is 38.5 Å². The minimum Gasteiger partial charge on any atom is -0.379 e. The molecule has 0 aromatic heterocycles. The summed E-state index contributed by atoms with van der Waals surface area (Å²) in [5, 5.41) is 22.4. The van der Waals surface area contributed by atoms with Gasteiger partial charge in [0.25, 0.3) is 0 Å². The van der Waals surface area contributed by atoms with Crippen molar-refractivity contribution in [2.75, 3.05) is 26.2 Å². The standard InChI is InChI=1S/C14H24N2O6/c17-11(13(19)21-15-7-3-1-4-8-15)12(18)14(20)22-16-9-5-2-6-10-16/h11-12,17-18H,1-10H2. The highest BCUT2D eigenvalue weighted by Gasteiger charge is 2.35. The molecule has 0 amide bonds. The smallest absolute Gasteiger partial charge is 0.357 e. The molecule has 2 rings (SSSR count). The van der Waals surface area contributed by atoms with Gasteiger partial charge in [0, 0.05) is 26.2 Å². The van der Waals surface area contributed by atoms with E-state index in [9.17, 15) is 19.8 Å². The highest BCUT2D eigenvalue weighted by molar-refractivity contribution is 5.84. The van der Waals surface area contributed by atoms with Crippen LogP contribution in [-0.2, 0) is 19.3 Å². The number of rotatable bonds is 5. The van der Waals surface area contributed by atoms with Gasteiger partial charge in [-0.15, -0.1) is 10.1 Å². The molecule has 0 aromatic rings. The number of aliphatic hydroxyl groups excluding tert-OH is 2. The Morgan fingerprint density at radius 1 is 0.682 bits per heavy atom. The molecular formula is C14H24N2O6. The third-order valence-electron chi connectivity index (χ3n) is 3.85. The maximum absolute atomic E-state index is 11.8. The van der Waals surface area contributed by atoms with Crippen LogP contribution in [0.2, 0.25) is 0 Å². The van der Waals surface area contributed by atoms with Gasteiger partial charge < -0.3 is 19.9 Å². The fourth-order valence-corrected chi connectivity index (χ4v) is 2.53. The van der Waals surface area contributed by atoms with Gasteiger partial charge in [0.1, 0.15) is 0 Å². The summed E-state index contributed by atoms with van der Waals surface area (Å²) >= 11 is 0. The average molecular weight is 316 g/mol. The molecule has 2 fully saturated rings. The summed E-state index contributed by atoms with van der Waals surface area (Å²) in [6.07, 6.45) is 1.87. The minimum atomic E-state index is -1.95. The Kier molecular flexibility index (Phi) is 6.56. The van der Waals surface area contributed by atoms with E-state index in [2.05, 4.69) is 0 Å². The van der Waals surface area contributed by atoms with Crippen molar-refractivity contribution in [2.45, 2.75) is 50.7 Å². The monoisotopic (exact) mass is 316 g/mol. The lowest BCUT2D eigenvalue weighted by Gasteiger charge is -2.28. The Labute approximate surface area is 129 Å². The summed E-state index contributed by atoms with van der Waals surface area (Å²) in [6.45, 7) is 2.36. The Bertz CT molecular complexity index is 344. The van der Waals surface area contributed by atoms with Crippen LogP contribution in [0.5, 0.6) is 0 Å². The van der Waals surface area contributed by atoms with Crippen molar-refractivity contribution in [3.8, 4) is 0 Å². The predicted octanol–water partition coefficient (Wildman–Crippen LogP) is -0.404. The molecule has 2 N–H and O–H groups in total. The molecule has 22 heavy (non-hydrogen) atoms. The summed E-state index contributed by atoms with van der Waals surface area (Å²) in [4.78, 5) is 33.5. The summed E-state index contributed by atoms with van der Waals surface area (Å²) < 4.78 is 0. The van der Waals surface area contributed by atoms with Crippen molar-refractivity contribution in [3.05, 3.63) is 0 Å². The van der Waals surface area contributed by atoms with Gasteiger partial charge in [0.2, 0.25) is 0 Å². The van der Waals surface area contributed by atoms with Crippen molar-refractivity contribution in [3.63, 3.8) is 0 Å². The maximum Gasteiger partial charge on any atom is 0.357 e. The van der Waals surface area contributed by atoms with Gasteiger partial charge in [0.05, 0.1) is 0 Å². The first-order valence-electron chi connectivity index (χ1n) is 7.87. The zero-order valence-corrected chi connectivity index (χ0v) is 12.6. The average Bonchev–Trinajstić information content (AvgIpc) is 2.55. The second-order valence-electron chi connectivity index (χ2n) is 5.69. The molecule has 0 saturated carbocycles. The van der Waals surface area contributed by atoms with E-state index in [1.165, 1.54) is 10.1 Å². The van der Waals surface area contributed by atoms with Crippen LogP contribution in [0, 0.1) is 0 Å². The van der Waals surface area contributed by atoms with E-state index in [0.29, 0.717) is 26.2 Å². The molecule has 2 unspecified atom stereocenters. The molecule has 0 aliphatic carbocycles. The van der Waals surface area contributed by atoms with E-state index in [0.717, 1.165) is 38.5 Å². The van der Waals surface area contributed by atoms with Crippen molar-refractivity contribution >= 4 is 11.9 Å². The van der Waals surface area contributed by atoms with E-state index in [4.69, 9.17) is 9.68 Å². The molecule has 2 aliphatic heterocycles. The first-order valence-corrected chi connectivity index (χ1v) is 7.87. The van der Waals surface area contributed by atoms with Crippen molar-refractivity contribution in [1.82, 2.24) is 10.1 Å². The SMILES string of the molecule is O=C(ON1CCCCC1)C(O)C(O)C(=O)ON1CCCCC1. The van der Waals surface area contributed by atoms with Gasteiger partial charge in [0.15, 0.2) is 12.2 Å². The summed E-state index contributed by atoms with van der Waals surface area (Å²) in [5.41, 5.74) is 0. The van der Waals surface area contributed by atoms with Crippen LogP contribution >= 0.6 is 0 Å². The lowest BCUT2D eigenvalue weighted by Crippen LogP contribution is -2.46. The second-order valence-corrected chi connectivity index (χ2v) is 5.69. The number of hydrogen-bond donors (Lipinski definition) is 2. The van der Waals surface area contributed by atoms with Crippen LogP contribution in [0.4, 0.5) is 0 Å². The van der Waals surface area contributed by atoms with Crippen LogP contribution in [0.25, 0.3) is 0 Å². The van der Waals surface area contributed by atoms with Crippen LogP contribution in [0.3, 0.4) is 0 Å². The van der Waals surface area contributed by atoms with E-state index < -0.39 is 24.1 Å². The van der Waals surface area contributed by atoms with Crippen molar-refractivity contribution in [1.29, 1.82) is 0 Å². The third kappa shape index (κ3) is 4.91. The summed E-state index contributed by atoms with van der Waals surface area (Å²) in [7, 11) is 0. The molecule has 2 saturated heterocycles. The zero-order chi connectivity index (χ0) is 15.9. The lowest BCUT2D eigenvalue weighted by atomic mass is 10.2. The molecule has 2 heterocycles. The number of nitrogens with zero attached hydrogens (tertiary/aromatic N) is 2. The Hall–Kier alpha value is -1.22. The fourth-order valence-electron chi connectivity index (χ4n) is 2.53. The van der Waals surface area contributed by atoms with Gasteiger partial charge in [-0.1, -0.05) is 12.8 Å². The Balaban J connectivity index is 1.77. The largest absolute Gasteiger partial charge is 0.379 e. The van der Waals surface area contributed by atoms with Crippen LogP contribution in [0.15, 0.2) is 0 Å². The predicted molar refractivity (Wildman–Crippen MR) is 75.0 cm³/mol. The van der Waals surface area contributed by atoms with E-state index >= 15 is 0 Å². The molecule has 0 aromatic carbocycles. The summed E-state index contributed by atoms with van der Waals surface area (Å²) in [5.74, 6) is -2.07. The molecule has 2 aliphatic rings. The van der Waals surface area contributed by atoms with Gasteiger partial charge in [-0.3, -0.25) is 0 Å². The minimum absolute atomic E-state index is 0.590. The number of carbonyl (C=O) groups excluding carboxylic acids is 2. The van der Waals surface area contributed by atoms with Gasteiger partial charge in [-0.05, 0) is 25.7 Å². The molecule has 8 heteroatoms. The van der Waals surface area contributed by atoms with Gasteiger partial charge in [-0.25, -0.2) is 9.59 Å². The van der Waals surface area contributed by atoms with Crippen molar-refractivity contribution < 1.29 is 29.5 Å². The van der Waals surface area contributed by atoms with E-state index in [1.54, 1.807) is 0 Å². The maximum atomic E-state index is 11.8. The first-order chi connectivity index (χ1) is 10.6. The molecule has 0 spiro atoms. The Morgan fingerprint density at radius 2 is 1.00 bits per heavy atom. The third-order valence-corrected chi connectivity index (χ3v) is 3.85. The molecule has 0 radical (unpaired) electrons. The second kappa shape index (κ2) is 8.42. The zero-order valence-electron chi connectivity index (χ0n) is 12.6. The molecule has 126 valence electrons. The molecule has 8 nitrogen and oxygen atoms in total. The van der Waals surface area contributed by atoms with E-state index in [1.807, 2.05) is 0 Å². The topological polar surface area (TPSA) is 99.5 Å². The number of aliphatic hydroxyl groups is 2. The van der Waals surface area contributed by atoms with Gasteiger partial charge in [-0.2, -0.15) is 0 Å². The summed E-state index contributed by atoms with van der Waals surface area (Å²) in [6, 6.07) is 0. The molecule has 0 bridgehead atoms. The van der Waals surface area contributed by atoms with Crippen molar-refractivity contribution in [2.24, 2.45) is 0 Å². The fraction of sp³-hybridized carbons (Fsp3) is 0.857. The van der Waals surface area contributed by atoms with E-state index in [-0.39, 0.29) is 0 Å². The molecule has 2 atom stereocenters. The number of hydrogen-bond acceptors (Lipinski definition) is 8. The Morgan fingerprint density at radius 3 is 1.32 bits per heavy atom. The highest BCUT2D eigenvalue weighted by Crippen LogP contribution is 2.12. The van der Waals surface area contributed by atoms with Crippen LogP contribution in [-0.4, -0.2) is 70.7 Å². The number of piperidine rings is 2. The number of hydroxylamine groups is 4. The first kappa shape index (κ1) is 17.1. The lowest BCUT2D eigenvalue weighted by molar-refractivity contribution is -0.221. The quantitative estimate of drug-likeness (QED) is 0.706.